The number of aliphatic hydroxyl groups excluding tert-OH is 1. The van der Waals surface area contributed by atoms with Gasteiger partial charge in [-0.25, -0.2) is 0 Å². The number of carbonyl (C=O) groups is 1. The minimum absolute atomic E-state index is 0.215. The number of ether oxygens (including phenoxy) is 1. The van der Waals surface area contributed by atoms with E-state index in [1.165, 1.54) is 0 Å². The van der Waals surface area contributed by atoms with Crippen molar-refractivity contribution in [1.29, 1.82) is 0 Å². The molecule has 0 saturated carbocycles. The maximum Gasteiger partial charge on any atom is 0.217 e. The number of β-amino-alcohol motifs (C(OH)–C–C–N with tert-alkyl or cyclic N) is 1. The summed E-state index contributed by atoms with van der Waals surface area (Å²) < 4.78 is 6.11. The lowest BCUT2D eigenvalue weighted by molar-refractivity contribution is -0.119. The van der Waals surface area contributed by atoms with Gasteiger partial charge in [-0.3, -0.25) is 9.78 Å². The summed E-state index contributed by atoms with van der Waals surface area (Å²) in [5, 5.41) is 12.8. The lowest BCUT2D eigenvalue weighted by atomic mass is 9.93. The van der Waals surface area contributed by atoms with Gasteiger partial charge in [-0.05, 0) is 54.8 Å². The van der Waals surface area contributed by atoms with Gasteiger partial charge in [0.25, 0.3) is 0 Å². The van der Waals surface area contributed by atoms with E-state index >= 15 is 0 Å². The monoisotopic (exact) mass is 419 g/mol. The molecule has 1 atom stereocenters. The fourth-order valence-corrected chi connectivity index (χ4v) is 4.37. The van der Waals surface area contributed by atoms with Crippen LogP contribution >= 0.6 is 0 Å². The number of aliphatic hydroxyl groups is 1. The van der Waals surface area contributed by atoms with Gasteiger partial charge in [0.15, 0.2) is 0 Å². The van der Waals surface area contributed by atoms with Crippen molar-refractivity contribution < 1.29 is 14.6 Å². The number of nitrogens with two attached hydrogens (primary N) is 1. The Balaban J connectivity index is 1.42. The van der Waals surface area contributed by atoms with Crippen LogP contribution in [0.1, 0.15) is 19.3 Å². The van der Waals surface area contributed by atoms with Crippen molar-refractivity contribution in [2.75, 3.05) is 26.2 Å². The highest BCUT2D eigenvalue weighted by atomic mass is 16.5. The molecule has 3 N–H and O–H groups in total. The highest BCUT2D eigenvalue weighted by molar-refractivity contribution is 5.99. The quantitative estimate of drug-likeness (QED) is 0.585. The molecule has 1 fully saturated rings. The summed E-state index contributed by atoms with van der Waals surface area (Å²) in [6, 6.07) is 16.1. The maximum atomic E-state index is 11.1. The van der Waals surface area contributed by atoms with Crippen LogP contribution in [0.4, 0.5) is 0 Å². The van der Waals surface area contributed by atoms with Crippen LogP contribution in [0.15, 0.2) is 60.9 Å². The summed E-state index contributed by atoms with van der Waals surface area (Å²) in [6.45, 7) is 2.50. The number of pyridine rings is 1. The molecule has 1 aliphatic heterocycles. The molecule has 6 nitrogen and oxygen atoms in total. The van der Waals surface area contributed by atoms with E-state index in [1.807, 2.05) is 42.6 Å². The van der Waals surface area contributed by atoms with Crippen LogP contribution in [-0.2, 0) is 4.79 Å². The zero-order valence-electron chi connectivity index (χ0n) is 17.6. The SMILES string of the molecule is NC(=O)CC1CCN(CC(O)COc2ccc3ccccc3c2-c2cccnc2)CC1. The van der Waals surface area contributed by atoms with Crippen LogP contribution in [0.3, 0.4) is 0 Å². The summed E-state index contributed by atoms with van der Waals surface area (Å²) in [5.74, 6) is 0.874. The molecule has 6 heteroatoms. The van der Waals surface area contributed by atoms with Gasteiger partial charge >= 0.3 is 0 Å². The van der Waals surface area contributed by atoms with Crippen LogP contribution in [0, 0.1) is 5.92 Å². The molecule has 4 rings (SSSR count). The van der Waals surface area contributed by atoms with Gasteiger partial charge in [0, 0.05) is 36.5 Å². The Morgan fingerprint density at radius 2 is 1.97 bits per heavy atom. The average Bonchev–Trinajstić information content (AvgIpc) is 2.79. The zero-order valence-corrected chi connectivity index (χ0v) is 17.6. The van der Waals surface area contributed by atoms with Crippen molar-refractivity contribution in [3.63, 3.8) is 0 Å². The first-order valence-corrected chi connectivity index (χ1v) is 10.8. The van der Waals surface area contributed by atoms with Crippen molar-refractivity contribution in [2.45, 2.75) is 25.4 Å². The number of likely N-dealkylation sites (tertiary alicyclic amines) is 1. The number of benzene rings is 2. The first-order valence-electron chi connectivity index (χ1n) is 10.8. The second-order valence-corrected chi connectivity index (χ2v) is 8.28. The summed E-state index contributed by atoms with van der Waals surface area (Å²) in [5.41, 5.74) is 7.29. The smallest absolute Gasteiger partial charge is 0.217 e. The molecular formula is C25H29N3O3. The molecule has 2 heterocycles. The molecule has 0 bridgehead atoms. The molecule has 0 aliphatic carbocycles. The average molecular weight is 420 g/mol. The van der Waals surface area contributed by atoms with Crippen molar-refractivity contribution in [3.8, 4) is 16.9 Å². The standard InChI is InChI=1S/C25H29N3O3/c26-24(30)14-18-9-12-28(13-10-18)16-21(29)17-31-23-8-7-19-4-1-2-6-22(19)25(23)20-5-3-11-27-15-20/h1-8,11,15,18,21,29H,9-10,12-14,16-17H2,(H2,26,30). The summed E-state index contributed by atoms with van der Waals surface area (Å²) >= 11 is 0. The predicted molar refractivity (Wildman–Crippen MR) is 122 cm³/mol. The Hall–Kier alpha value is -2.96. The molecule has 1 aromatic heterocycles. The number of rotatable bonds is 8. The number of hydrogen-bond donors (Lipinski definition) is 2. The van der Waals surface area contributed by atoms with E-state index in [2.05, 4.69) is 22.0 Å². The van der Waals surface area contributed by atoms with E-state index in [9.17, 15) is 9.90 Å². The number of amides is 1. The van der Waals surface area contributed by atoms with Gasteiger partial charge in [0.05, 0.1) is 0 Å². The molecule has 1 amide bonds. The fraction of sp³-hybridized carbons (Fsp3) is 0.360. The summed E-state index contributed by atoms with van der Waals surface area (Å²) in [6.07, 6.45) is 5.32. The lowest BCUT2D eigenvalue weighted by Gasteiger charge is -2.32. The second-order valence-electron chi connectivity index (χ2n) is 8.28. The van der Waals surface area contributed by atoms with E-state index in [0.717, 1.165) is 53.6 Å². The second kappa shape index (κ2) is 9.90. The molecule has 1 aliphatic rings. The zero-order chi connectivity index (χ0) is 21.6. The van der Waals surface area contributed by atoms with E-state index in [4.69, 9.17) is 10.5 Å². The summed E-state index contributed by atoms with van der Waals surface area (Å²) in [4.78, 5) is 17.6. The van der Waals surface area contributed by atoms with Crippen molar-refractivity contribution in [2.24, 2.45) is 11.7 Å². The first-order chi connectivity index (χ1) is 15.1. The molecular weight excluding hydrogens is 390 g/mol. The number of hydrogen-bond acceptors (Lipinski definition) is 5. The number of primary amides is 1. The third-order valence-corrected chi connectivity index (χ3v) is 5.94. The first kappa shape index (κ1) is 21.3. The Morgan fingerprint density at radius 3 is 2.71 bits per heavy atom. The molecule has 1 saturated heterocycles. The van der Waals surface area contributed by atoms with Crippen LogP contribution in [0.2, 0.25) is 0 Å². The van der Waals surface area contributed by atoms with Crippen molar-refractivity contribution >= 4 is 16.7 Å². The Kier molecular flexibility index (Phi) is 6.79. The Morgan fingerprint density at radius 1 is 1.16 bits per heavy atom. The van der Waals surface area contributed by atoms with Crippen molar-refractivity contribution in [1.82, 2.24) is 9.88 Å². The number of aromatic nitrogens is 1. The van der Waals surface area contributed by atoms with Gasteiger partial charge in [0.2, 0.25) is 5.91 Å². The maximum absolute atomic E-state index is 11.1. The van der Waals surface area contributed by atoms with E-state index in [-0.39, 0.29) is 12.5 Å². The molecule has 0 spiro atoms. The minimum atomic E-state index is -0.596. The van der Waals surface area contributed by atoms with Gasteiger partial charge in [-0.15, -0.1) is 0 Å². The van der Waals surface area contributed by atoms with Crippen molar-refractivity contribution in [3.05, 3.63) is 60.9 Å². The highest BCUT2D eigenvalue weighted by Gasteiger charge is 2.22. The van der Waals surface area contributed by atoms with Gasteiger partial charge in [-0.2, -0.15) is 0 Å². The number of fused-ring (bicyclic) bond motifs is 1. The molecule has 0 radical (unpaired) electrons. The third-order valence-electron chi connectivity index (χ3n) is 5.94. The van der Waals surface area contributed by atoms with Crippen LogP contribution in [-0.4, -0.2) is 53.2 Å². The summed E-state index contributed by atoms with van der Waals surface area (Å²) in [7, 11) is 0. The normalized spacial score (nSPS) is 16.3. The number of nitrogens with zero attached hydrogens (tertiary/aromatic N) is 2. The highest BCUT2D eigenvalue weighted by Crippen LogP contribution is 2.36. The van der Waals surface area contributed by atoms with Crippen LogP contribution in [0.5, 0.6) is 5.75 Å². The largest absolute Gasteiger partial charge is 0.490 e. The topological polar surface area (TPSA) is 88.7 Å². The van der Waals surface area contributed by atoms with Crippen LogP contribution in [0.25, 0.3) is 21.9 Å². The van der Waals surface area contributed by atoms with Gasteiger partial charge < -0.3 is 20.5 Å². The van der Waals surface area contributed by atoms with E-state index in [1.54, 1.807) is 6.20 Å². The molecule has 2 aromatic carbocycles. The molecule has 162 valence electrons. The molecule has 31 heavy (non-hydrogen) atoms. The Labute approximate surface area is 182 Å². The van der Waals surface area contributed by atoms with Gasteiger partial charge in [-0.1, -0.05) is 36.4 Å². The van der Waals surface area contributed by atoms with Crippen LogP contribution < -0.4 is 10.5 Å². The minimum Gasteiger partial charge on any atom is -0.490 e. The van der Waals surface area contributed by atoms with E-state index in [0.29, 0.717) is 18.9 Å². The Bertz CT molecular complexity index is 1020. The number of carbonyl (C=O) groups excluding carboxylic acids is 1. The van der Waals surface area contributed by atoms with E-state index < -0.39 is 6.10 Å². The predicted octanol–water partition coefficient (Wildman–Crippen LogP) is 3.23. The van der Waals surface area contributed by atoms with Gasteiger partial charge in [0.1, 0.15) is 18.5 Å². The molecule has 3 aromatic rings. The molecule has 1 unspecified atom stereocenters. The fourth-order valence-electron chi connectivity index (χ4n) is 4.37. The third kappa shape index (κ3) is 5.40. The lowest BCUT2D eigenvalue weighted by Crippen LogP contribution is -2.41. The number of piperidine rings is 1.